The minimum absolute atomic E-state index is 0.309. The van der Waals surface area contributed by atoms with Gasteiger partial charge in [0.05, 0.1) is 4.47 Å². The minimum atomic E-state index is 0.309. The van der Waals surface area contributed by atoms with Gasteiger partial charge >= 0.3 is 0 Å². The Labute approximate surface area is 116 Å². The van der Waals surface area contributed by atoms with Gasteiger partial charge in [-0.25, -0.2) is 4.98 Å². The fourth-order valence-electron chi connectivity index (χ4n) is 2.40. The van der Waals surface area contributed by atoms with Crippen molar-refractivity contribution in [3.63, 3.8) is 0 Å². The summed E-state index contributed by atoms with van der Waals surface area (Å²) in [6, 6.07) is 0.569. The van der Waals surface area contributed by atoms with Crippen LogP contribution in [0.4, 0.5) is 5.82 Å². The van der Waals surface area contributed by atoms with Crippen LogP contribution in [0, 0.1) is 0 Å². The maximum atomic E-state index is 5.86. The lowest BCUT2D eigenvalue weighted by atomic mass is 10.1. The van der Waals surface area contributed by atoms with Gasteiger partial charge in [0.1, 0.15) is 5.82 Å². The molecule has 0 aliphatic heterocycles. The van der Waals surface area contributed by atoms with Crippen molar-refractivity contribution in [2.75, 3.05) is 11.9 Å². The Balaban J connectivity index is 2.16. The Hall–Kier alpha value is -0.350. The third kappa shape index (κ3) is 3.32. The molecule has 0 spiro atoms. The Morgan fingerprint density at radius 2 is 1.94 bits per heavy atom. The molecule has 0 aromatic carbocycles. The Kier molecular flexibility index (Phi) is 4.62. The molecule has 0 atom stereocenters. The van der Waals surface area contributed by atoms with Crippen LogP contribution in [0.15, 0.2) is 10.7 Å². The molecule has 1 aliphatic carbocycles. The SMILES string of the molecule is CN(c1nc(Cl)ncc1Br)C1CCCCCC1. The second-order valence-electron chi connectivity index (χ2n) is 4.57. The predicted octanol–water partition coefficient (Wildman–Crippen LogP) is 4.05. The Morgan fingerprint density at radius 1 is 1.29 bits per heavy atom. The molecule has 0 amide bonds. The summed E-state index contributed by atoms with van der Waals surface area (Å²) in [5, 5.41) is 0.309. The van der Waals surface area contributed by atoms with E-state index in [9.17, 15) is 0 Å². The first kappa shape index (κ1) is 13.1. The maximum absolute atomic E-state index is 5.86. The molecule has 5 heteroatoms. The molecule has 17 heavy (non-hydrogen) atoms. The van der Waals surface area contributed by atoms with Crippen molar-refractivity contribution >= 4 is 33.3 Å². The van der Waals surface area contributed by atoms with Gasteiger partial charge in [-0.2, -0.15) is 4.98 Å². The second kappa shape index (κ2) is 6.01. The number of halogens is 2. The molecule has 1 fully saturated rings. The highest BCUT2D eigenvalue weighted by Crippen LogP contribution is 2.29. The van der Waals surface area contributed by atoms with E-state index in [0.717, 1.165) is 10.3 Å². The fourth-order valence-corrected chi connectivity index (χ4v) is 3.00. The standard InChI is InChI=1S/C12H17BrClN3/c1-17(9-6-4-2-3-5-7-9)11-10(13)8-15-12(14)16-11/h8-9H,2-7H2,1H3. The van der Waals surface area contributed by atoms with E-state index in [0.29, 0.717) is 11.3 Å². The van der Waals surface area contributed by atoms with Gasteiger partial charge in [-0.15, -0.1) is 0 Å². The molecule has 0 bridgehead atoms. The van der Waals surface area contributed by atoms with E-state index >= 15 is 0 Å². The number of aromatic nitrogens is 2. The molecule has 3 nitrogen and oxygen atoms in total. The van der Waals surface area contributed by atoms with Crippen LogP contribution in [0.5, 0.6) is 0 Å². The van der Waals surface area contributed by atoms with Crippen LogP contribution in [0.3, 0.4) is 0 Å². The van der Waals surface area contributed by atoms with Gasteiger partial charge in [0.15, 0.2) is 0 Å². The molecule has 1 aromatic heterocycles. The summed E-state index contributed by atoms with van der Waals surface area (Å²) in [4.78, 5) is 10.5. The van der Waals surface area contributed by atoms with E-state index in [1.165, 1.54) is 38.5 Å². The van der Waals surface area contributed by atoms with Crippen LogP contribution in [-0.4, -0.2) is 23.1 Å². The smallest absolute Gasteiger partial charge is 0.224 e. The molecule has 0 N–H and O–H groups in total. The van der Waals surface area contributed by atoms with Crippen LogP contribution >= 0.6 is 27.5 Å². The van der Waals surface area contributed by atoms with Crippen molar-refractivity contribution in [3.05, 3.63) is 16.0 Å². The average Bonchev–Trinajstić information content (AvgIpc) is 2.60. The van der Waals surface area contributed by atoms with Gasteiger partial charge < -0.3 is 4.90 Å². The zero-order valence-corrected chi connectivity index (χ0v) is 12.3. The third-order valence-corrected chi connectivity index (χ3v) is 4.14. The van der Waals surface area contributed by atoms with Gasteiger partial charge in [-0.3, -0.25) is 0 Å². The summed E-state index contributed by atoms with van der Waals surface area (Å²) in [5.41, 5.74) is 0. The highest BCUT2D eigenvalue weighted by Gasteiger charge is 2.20. The molecule has 0 saturated heterocycles. The average molecular weight is 319 g/mol. The summed E-state index contributed by atoms with van der Waals surface area (Å²) in [5.74, 6) is 0.900. The fraction of sp³-hybridized carbons (Fsp3) is 0.667. The Bertz CT molecular complexity index is 378. The quantitative estimate of drug-likeness (QED) is 0.608. The molecule has 2 rings (SSSR count). The van der Waals surface area contributed by atoms with Gasteiger partial charge in [0, 0.05) is 19.3 Å². The second-order valence-corrected chi connectivity index (χ2v) is 5.76. The zero-order valence-electron chi connectivity index (χ0n) is 9.99. The van der Waals surface area contributed by atoms with E-state index < -0.39 is 0 Å². The first-order chi connectivity index (χ1) is 8.18. The van der Waals surface area contributed by atoms with Crippen molar-refractivity contribution < 1.29 is 0 Å². The highest BCUT2D eigenvalue weighted by atomic mass is 79.9. The first-order valence-corrected chi connectivity index (χ1v) is 7.26. The molecular formula is C12H17BrClN3. The van der Waals surface area contributed by atoms with Crippen LogP contribution < -0.4 is 4.90 Å². The topological polar surface area (TPSA) is 29.0 Å². The van der Waals surface area contributed by atoms with Crippen LogP contribution in [0.1, 0.15) is 38.5 Å². The van der Waals surface area contributed by atoms with Crippen molar-refractivity contribution in [1.82, 2.24) is 9.97 Å². The van der Waals surface area contributed by atoms with Crippen molar-refractivity contribution in [2.24, 2.45) is 0 Å². The lowest BCUT2D eigenvalue weighted by Gasteiger charge is -2.28. The van der Waals surface area contributed by atoms with E-state index in [4.69, 9.17) is 11.6 Å². The number of hydrogen-bond donors (Lipinski definition) is 0. The zero-order chi connectivity index (χ0) is 12.3. The third-order valence-electron chi connectivity index (χ3n) is 3.40. The monoisotopic (exact) mass is 317 g/mol. The first-order valence-electron chi connectivity index (χ1n) is 6.09. The number of anilines is 1. The summed E-state index contributed by atoms with van der Waals surface area (Å²) >= 11 is 9.35. The number of nitrogens with zero attached hydrogens (tertiary/aromatic N) is 3. The van der Waals surface area contributed by atoms with Gasteiger partial charge in [-0.05, 0) is 40.4 Å². The summed E-state index contributed by atoms with van der Waals surface area (Å²) in [6.45, 7) is 0. The number of rotatable bonds is 2. The van der Waals surface area contributed by atoms with Gasteiger partial charge in [0.25, 0.3) is 0 Å². The summed E-state index contributed by atoms with van der Waals surface area (Å²) < 4.78 is 0.911. The molecule has 0 unspecified atom stereocenters. The predicted molar refractivity (Wildman–Crippen MR) is 74.6 cm³/mol. The van der Waals surface area contributed by atoms with E-state index in [-0.39, 0.29) is 0 Å². The van der Waals surface area contributed by atoms with E-state index in [1.807, 2.05) is 0 Å². The molecule has 1 aromatic rings. The van der Waals surface area contributed by atoms with Crippen molar-refractivity contribution in [3.8, 4) is 0 Å². The van der Waals surface area contributed by atoms with Gasteiger partial charge in [-0.1, -0.05) is 25.7 Å². The maximum Gasteiger partial charge on any atom is 0.224 e. The molecule has 1 aliphatic rings. The van der Waals surface area contributed by atoms with Crippen molar-refractivity contribution in [1.29, 1.82) is 0 Å². The summed E-state index contributed by atoms with van der Waals surface area (Å²) in [6.07, 6.45) is 9.54. The molecule has 1 heterocycles. The molecule has 94 valence electrons. The van der Waals surface area contributed by atoms with Crippen LogP contribution in [0.2, 0.25) is 5.28 Å². The van der Waals surface area contributed by atoms with E-state index in [1.54, 1.807) is 6.20 Å². The lowest BCUT2D eigenvalue weighted by molar-refractivity contribution is 0.548. The van der Waals surface area contributed by atoms with Crippen LogP contribution in [-0.2, 0) is 0 Å². The highest BCUT2D eigenvalue weighted by molar-refractivity contribution is 9.10. The molecule has 0 radical (unpaired) electrons. The van der Waals surface area contributed by atoms with Gasteiger partial charge in [0.2, 0.25) is 5.28 Å². The van der Waals surface area contributed by atoms with Crippen LogP contribution in [0.25, 0.3) is 0 Å². The summed E-state index contributed by atoms with van der Waals surface area (Å²) in [7, 11) is 2.10. The van der Waals surface area contributed by atoms with E-state index in [2.05, 4.69) is 37.8 Å². The molecular weight excluding hydrogens is 302 g/mol. The Morgan fingerprint density at radius 3 is 2.59 bits per heavy atom. The normalized spacial score (nSPS) is 17.8. The van der Waals surface area contributed by atoms with Crippen molar-refractivity contribution in [2.45, 2.75) is 44.6 Å². The molecule has 1 saturated carbocycles. The minimum Gasteiger partial charge on any atom is -0.356 e. The lowest BCUT2D eigenvalue weighted by Crippen LogP contribution is -2.32. The largest absolute Gasteiger partial charge is 0.356 e. The number of hydrogen-bond acceptors (Lipinski definition) is 3.